The molecule has 0 aromatic carbocycles. The van der Waals surface area contributed by atoms with E-state index in [2.05, 4.69) is 20.3 Å². The van der Waals surface area contributed by atoms with E-state index < -0.39 is 5.82 Å². The fourth-order valence-corrected chi connectivity index (χ4v) is 1.61. The molecule has 0 spiro atoms. The van der Waals surface area contributed by atoms with Crippen LogP contribution in [0.2, 0.25) is 0 Å². The summed E-state index contributed by atoms with van der Waals surface area (Å²) in [6.45, 7) is 1.93. The molecule has 2 N–H and O–H groups in total. The van der Waals surface area contributed by atoms with Gasteiger partial charge in [-0.25, -0.2) is 9.37 Å². The van der Waals surface area contributed by atoms with Crippen molar-refractivity contribution in [2.24, 2.45) is 0 Å². The fourth-order valence-electron chi connectivity index (χ4n) is 1.61. The number of amides is 1. The monoisotopic (exact) mass is 248 g/mol. The summed E-state index contributed by atoms with van der Waals surface area (Å²) >= 11 is 0. The van der Waals surface area contributed by atoms with E-state index in [1.807, 2.05) is 6.92 Å². The minimum Gasteiger partial charge on any atom is -0.347 e. The molecule has 0 aliphatic heterocycles. The second-order valence-electron chi connectivity index (χ2n) is 3.80. The first-order valence-electron chi connectivity index (χ1n) is 5.61. The molecule has 0 aliphatic carbocycles. The molecular weight excluding hydrogens is 235 g/mol. The number of nitrogens with one attached hydrogen (secondary N) is 2. The molecule has 6 heteroatoms. The normalized spacial score (nSPS) is 12.1. The highest BCUT2D eigenvalue weighted by Crippen LogP contribution is 2.12. The number of aromatic nitrogens is 3. The van der Waals surface area contributed by atoms with Gasteiger partial charge in [-0.2, -0.15) is 0 Å². The van der Waals surface area contributed by atoms with Gasteiger partial charge in [0.05, 0.1) is 17.8 Å². The van der Waals surface area contributed by atoms with Crippen LogP contribution in [-0.2, 0) is 0 Å². The van der Waals surface area contributed by atoms with Crippen LogP contribution in [0.4, 0.5) is 4.39 Å². The van der Waals surface area contributed by atoms with Gasteiger partial charge in [-0.1, -0.05) is 6.92 Å². The molecule has 2 aromatic heterocycles. The number of halogens is 1. The van der Waals surface area contributed by atoms with E-state index in [0.717, 1.165) is 12.3 Å². The number of hydrogen-bond acceptors (Lipinski definition) is 3. The Morgan fingerprint density at radius 2 is 2.39 bits per heavy atom. The van der Waals surface area contributed by atoms with Gasteiger partial charge in [0.25, 0.3) is 5.91 Å². The standard InChI is InChI=1S/C12H13FN4O/c1-2-10(11-15-3-4-16-11)17-12(18)8-5-9(13)7-14-6-8/h3-7,10H,2H2,1H3,(H,15,16)(H,17,18). The molecule has 2 aromatic rings. The van der Waals surface area contributed by atoms with Crippen LogP contribution < -0.4 is 5.32 Å². The zero-order valence-corrected chi connectivity index (χ0v) is 9.85. The molecular formula is C12H13FN4O. The van der Waals surface area contributed by atoms with E-state index in [9.17, 15) is 9.18 Å². The predicted octanol–water partition coefficient (Wildman–Crippen LogP) is 1.82. The predicted molar refractivity (Wildman–Crippen MR) is 63.3 cm³/mol. The van der Waals surface area contributed by atoms with Crippen molar-refractivity contribution in [3.05, 3.63) is 48.1 Å². The SMILES string of the molecule is CCC(NC(=O)c1cncc(F)c1)c1ncc[nH]1. The molecule has 0 fully saturated rings. The highest BCUT2D eigenvalue weighted by atomic mass is 19.1. The Hall–Kier alpha value is -2.24. The van der Waals surface area contributed by atoms with Gasteiger partial charge in [-0.3, -0.25) is 9.78 Å². The maximum atomic E-state index is 13.0. The molecule has 1 amide bonds. The van der Waals surface area contributed by atoms with E-state index in [0.29, 0.717) is 12.2 Å². The second-order valence-corrected chi connectivity index (χ2v) is 3.80. The number of H-pyrrole nitrogens is 1. The lowest BCUT2D eigenvalue weighted by atomic mass is 10.2. The van der Waals surface area contributed by atoms with Crippen LogP contribution in [0.1, 0.15) is 35.6 Å². The number of hydrogen-bond donors (Lipinski definition) is 2. The molecule has 2 rings (SSSR count). The Labute approximate surface area is 103 Å². The van der Waals surface area contributed by atoms with Crippen molar-refractivity contribution < 1.29 is 9.18 Å². The molecule has 0 aliphatic rings. The lowest BCUT2D eigenvalue weighted by Gasteiger charge is -2.14. The third kappa shape index (κ3) is 2.71. The maximum absolute atomic E-state index is 13.0. The molecule has 2 heterocycles. The van der Waals surface area contributed by atoms with Crippen molar-refractivity contribution in [1.82, 2.24) is 20.3 Å². The third-order valence-corrected chi connectivity index (χ3v) is 2.53. The fraction of sp³-hybridized carbons (Fsp3) is 0.250. The summed E-state index contributed by atoms with van der Waals surface area (Å²) < 4.78 is 13.0. The van der Waals surface area contributed by atoms with Crippen molar-refractivity contribution in [2.45, 2.75) is 19.4 Å². The Morgan fingerprint density at radius 3 is 3.00 bits per heavy atom. The van der Waals surface area contributed by atoms with Crippen molar-refractivity contribution >= 4 is 5.91 Å². The first-order chi connectivity index (χ1) is 8.70. The molecule has 0 radical (unpaired) electrons. The quantitative estimate of drug-likeness (QED) is 0.867. The number of carbonyl (C=O) groups excluding carboxylic acids is 1. The minimum absolute atomic E-state index is 0.194. The molecule has 0 saturated carbocycles. The highest BCUT2D eigenvalue weighted by Gasteiger charge is 2.16. The molecule has 1 atom stereocenters. The molecule has 0 bridgehead atoms. The maximum Gasteiger partial charge on any atom is 0.253 e. The lowest BCUT2D eigenvalue weighted by molar-refractivity contribution is 0.0933. The molecule has 1 unspecified atom stereocenters. The van der Waals surface area contributed by atoms with Gasteiger partial charge in [0.15, 0.2) is 0 Å². The summed E-state index contributed by atoms with van der Waals surface area (Å²) in [5.41, 5.74) is 0.194. The first kappa shape index (κ1) is 12.2. The highest BCUT2D eigenvalue weighted by molar-refractivity contribution is 5.94. The molecule has 94 valence electrons. The van der Waals surface area contributed by atoms with Crippen molar-refractivity contribution in [1.29, 1.82) is 0 Å². The van der Waals surface area contributed by atoms with E-state index >= 15 is 0 Å². The zero-order valence-electron chi connectivity index (χ0n) is 9.85. The number of pyridine rings is 1. The number of rotatable bonds is 4. The summed E-state index contributed by atoms with van der Waals surface area (Å²) in [4.78, 5) is 22.6. The Morgan fingerprint density at radius 1 is 1.56 bits per heavy atom. The largest absolute Gasteiger partial charge is 0.347 e. The van der Waals surface area contributed by atoms with Crippen LogP contribution >= 0.6 is 0 Å². The average molecular weight is 248 g/mol. The van der Waals surface area contributed by atoms with Crippen LogP contribution in [0.5, 0.6) is 0 Å². The van der Waals surface area contributed by atoms with Gasteiger partial charge < -0.3 is 10.3 Å². The van der Waals surface area contributed by atoms with Crippen molar-refractivity contribution in [2.75, 3.05) is 0 Å². The molecule has 5 nitrogen and oxygen atoms in total. The summed E-state index contributed by atoms with van der Waals surface area (Å²) in [6.07, 6.45) is 6.37. The van der Waals surface area contributed by atoms with Crippen LogP contribution in [-0.4, -0.2) is 20.9 Å². The van der Waals surface area contributed by atoms with Crippen LogP contribution in [0.15, 0.2) is 30.9 Å². The number of imidazole rings is 1. The zero-order chi connectivity index (χ0) is 13.0. The third-order valence-electron chi connectivity index (χ3n) is 2.53. The smallest absolute Gasteiger partial charge is 0.253 e. The van der Waals surface area contributed by atoms with Crippen molar-refractivity contribution in [3.8, 4) is 0 Å². The summed E-state index contributed by atoms with van der Waals surface area (Å²) in [5.74, 6) is -0.228. The minimum atomic E-state index is -0.534. The van der Waals surface area contributed by atoms with Gasteiger partial charge >= 0.3 is 0 Å². The van der Waals surface area contributed by atoms with E-state index in [4.69, 9.17) is 0 Å². The Kier molecular flexibility index (Phi) is 3.66. The average Bonchev–Trinajstić information content (AvgIpc) is 2.89. The Balaban J connectivity index is 2.11. The number of aromatic amines is 1. The molecule has 18 heavy (non-hydrogen) atoms. The van der Waals surface area contributed by atoms with E-state index in [1.165, 1.54) is 6.20 Å². The first-order valence-corrected chi connectivity index (χ1v) is 5.61. The Bertz CT molecular complexity index is 527. The topological polar surface area (TPSA) is 70.7 Å². The van der Waals surface area contributed by atoms with Crippen LogP contribution in [0, 0.1) is 5.82 Å². The summed E-state index contributed by atoms with van der Waals surface area (Å²) in [5, 5.41) is 2.77. The van der Waals surface area contributed by atoms with Gasteiger partial charge in [-0.15, -0.1) is 0 Å². The van der Waals surface area contributed by atoms with Crippen LogP contribution in [0.3, 0.4) is 0 Å². The van der Waals surface area contributed by atoms with Gasteiger partial charge in [0.1, 0.15) is 11.6 Å². The van der Waals surface area contributed by atoms with E-state index in [1.54, 1.807) is 12.4 Å². The molecule has 0 saturated heterocycles. The lowest BCUT2D eigenvalue weighted by Crippen LogP contribution is -2.29. The van der Waals surface area contributed by atoms with Gasteiger partial charge in [-0.05, 0) is 12.5 Å². The van der Waals surface area contributed by atoms with Gasteiger partial charge in [0, 0.05) is 18.6 Å². The number of carbonyl (C=O) groups is 1. The van der Waals surface area contributed by atoms with Crippen molar-refractivity contribution in [3.63, 3.8) is 0 Å². The van der Waals surface area contributed by atoms with Gasteiger partial charge in [0.2, 0.25) is 0 Å². The van der Waals surface area contributed by atoms with E-state index in [-0.39, 0.29) is 17.5 Å². The summed E-state index contributed by atoms with van der Waals surface area (Å²) in [7, 11) is 0. The summed E-state index contributed by atoms with van der Waals surface area (Å²) in [6, 6.07) is 0.924. The van der Waals surface area contributed by atoms with Crippen LogP contribution in [0.25, 0.3) is 0 Å². The number of nitrogens with zero attached hydrogens (tertiary/aromatic N) is 2. The second kappa shape index (κ2) is 5.39.